The molecule has 0 saturated heterocycles. The highest BCUT2D eigenvalue weighted by Crippen LogP contribution is 2.28. The summed E-state index contributed by atoms with van der Waals surface area (Å²) in [6.45, 7) is 5.27. The fourth-order valence-electron chi connectivity index (χ4n) is 3.85. The van der Waals surface area contributed by atoms with E-state index in [1.165, 1.54) is 30.2 Å². The van der Waals surface area contributed by atoms with Crippen LogP contribution < -0.4 is 14.4 Å². The smallest absolute Gasteiger partial charge is 0.264 e. The molecule has 2 amide bonds. The van der Waals surface area contributed by atoms with Crippen LogP contribution in [-0.2, 0) is 26.2 Å². The third-order valence-corrected chi connectivity index (χ3v) is 8.24. The van der Waals surface area contributed by atoms with Gasteiger partial charge in [0.1, 0.15) is 24.2 Å². The van der Waals surface area contributed by atoms with Crippen LogP contribution in [0.4, 0.5) is 10.1 Å². The quantitative estimate of drug-likeness (QED) is 0.325. The van der Waals surface area contributed by atoms with Crippen molar-refractivity contribution in [2.45, 2.75) is 38.3 Å². The second-order valence-electron chi connectivity index (χ2n) is 9.61. The molecule has 3 rings (SSSR count). The Balaban J connectivity index is 2.02. The molecule has 0 bridgehead atoms. The van der Waals surface area contributed by atoms with Crippen LogP contribution in [-0.4, -0.2) is 51.4 Å². The summed E-state index contributed by atoms with van der Waals surface area (Å²) in [5, 5.41) is 2.54. The monoisotopic (exact) mass is 589 g/mol. The van der Waals surface area contributed by atoms with Gasteiger partial charge >= 0.3 is 0 Å². The van der Waals surface area contributed by atoms with Gasteiger partial charge in [0.15, 0.2) is 0 Å². The maximum Gasteiger partial charge on any atom is 0.264 e. The molecule has 1 N–H and O–H groups in total. The third-order valence-electron chi connectivity index (χ3n) is 6.17. The second kappa shape index (κ2) is 13.6. The van der Waals surface area contributed by atoms with Crippen molar-refractivity contribution < 1.29 is 27.1 Å². The summed E-state index contributed by atoms with van der Waals surface area (Å²) in [5.74, 6) is -0.930. The number of hydrogen-bond donors (Lipinski definition) is 1. The van der Waals surface area contributed by atoms with E-state index in [9.17, 15) is 22.4 Å². The van der Waals surface area contributed by atoms with Crippen molar-refractivity contribution in [3.8, 4) is 5.75 Å². The van der Waals surface area contributed by atoms with E-state index in [0.29, 0.717) is 17.9 Å². The van der Waals surface area contributed by atoms with Crippen molar-refractivity contribution in [2.24, 2.45) is 5.92 Å². The first-order chi connectivity index (χ1) is 18.9. The molecule has 0 aliphatic carbocycles. The number of nitrogens with zero attached hydrogens (tertiary/aromatic N) is 2. The summed E-state index contributed by atoms with van der Waals surface area (Å²) in [6, 6.07) is 17.1. The van der Waals surface area contributed by atoms with E-state index in [0.717, 1.165) is 16.4 Å². The molecule has 40 heavy (non-hydrogen) atoms. The first kappa shape index (κ1) is 30.9. The molecule has 0 aromatic heterocycles. The number of anilines is 1. The Kier molecular flexibility index (Phi) is 10.5. The lowest BCUT2D eigenvalue weighted by molar-refractivity contribution is -0.139. The molecule has 1 atom stereocenters. The van der Waals surface area contributed by atoms with Crippen LogP contribution in [0.25, 0.3) is 0 Å². The van der Waals surface area contributed by atoms with E-state index in [1.807, 2.05) is 13.8 Å². The zero-order valence-corrected chi connectivity index (χ0v) is 24.4. The Labute approximate surface area is 239 Å². The fraction of sp³-hybridized carbons (Fsp3) is 0.310. The molecular formula is C29H33ClFN3O5S. The Morgan fingerprint density at radius 2 is 1.65 bits per heavy atom. The van der Waals surface area contributed by atoms with Gasteiger partial charge in [0.2, 0.25) is 11.8 Å². The van der Waals surface area contributed by atoms with Gasteiger partial charge in [-0.15, -0.1) is 0 Å². The number of ether oxygens (including phenoxy) is 1. The van der Waals surface area contributed by atoms with Crippen LogP contribution in [0.2, 0.25) is 5.02 Å². The molecule has 3 aromatic carbocycles. The van der Waals surface area contributed by atoms with Crippen LogP contribution >= 0.6 is 11.6 Å². The summed E-state index contributed by atoms with van der Waals surface area (Å²) in [4.78, 5) is 28.2. The largest absolute Gasteiger partial charge is 0.497 e. The number of amides is 2. The van der Waals surface area contributed by atoms with Gasteiger partial charge in [-0.25, -0.2) is 12.8 Å². The van der Waals surface area contributed by atoms with Gasteiger partial charge in [-0.3, -0.25) is 13.9 Å². The van der Waals surface area contributed by atoms with E-state index < -0.39 is 34.3 Å². The molecule has 8 nitrogen and oxygen atoms in total. The number of nitrogens with one attached hydrogen (secondary N) is 1. The lowest BCUT2D eigenvalue weighted by atomic mass is 10.1. The van der Waals surface area contributed by atoms with Crippen molar-refractivity contribution in [1.82, 2.24) is 10.2 Å². The van der Waals surface area contributed by atoms with Gasteiger partial charge in [-0.1, -0.05) is 55.8 Å². The molecule has 0 heterocycles. The van der Waals surface area contributed by atoms with E-state index in [1.54, 1.807) is 49.4 Å². The number of sulfonamides is 1. The number of rotatable bonds is 12. The Hall–Kier alpha value is -3.63. The molecule has 0 radical (unpaired) electrons. The summed E-state index contributed by atoms with van der Waals surface area (Å²) < 4.78 is 47.5. The minimum atomic E-state index is -4.27. The van der Waals surface area contributed by atoms with Crippen LogP contribution in [0.3, 0.4) is 0 Å². The van der Waals surface area contributed by atoms with Gasteiger partial charge in [-0.2, -0.15) is 0 Å². The molecule has 0 fully saturated rings. The number of hydrogen-bond acceptors (Lipinski definition) is 5. The first-order valence-corrected chi connectivity index (χ1v) is 14.5. The molecule has 0 unspecified atom stereocenters. The average molecular weight is 590 g/mol. The molecule has 0 saturated carbocycles. The van der Waals surface area contributed by atoms with Crippen molar-refractivity contribution in [2.75, 3.05) is 24.5 Å². The lowest BCUT2D eigenvalue weighted by Crippen LogP contribution is -2.51. The van der Waals surface area contributed by atoms with Gasteiger partial charge in [0, 0.05) is 13.1 Å². The average Bonchev–Trinajstić information content (AvgIpc) is 2.95. The van der Waals surface area contributed by atoms with Crippen LogP contribution in [0.15, 0.2) is 77.7 Å². The lowest BCUT2D eigenvalue weighted by Gasteiger charge is -2.32. The topological polar surface area (TPSA) is 96.0 Å². The minimum absolute atomic E-state index is 0.00455. The molecule has 11 heteroatoms. The molecule has 0 aliphatic heterocycles. The van der Waals surface area contributed by atoms with Crippen molar-refractivity contribution in [3.05, 3.63) is 89.2 Å². The zero-order valence-electron chi connectivity index (χ0n) is 22.8. The minimum Gasteiger partial charge on any atom is -0.497 e. The normalized spacial score (nSPS) is 12.1. The fourth-order valence-corrected chi connectivity index (χ4v) is 5.45. The van der Waals surface area contributed by atoms with E-state index >= 15 is 0 Å². The number of carbonyl (C=O) groups is 2. The standard InChI is InChI=1S/C29H33ClFN3O5S/c1-20(2)17-32-29(36)21(3)33(18-22-10-13-24(39-4)14-11-22)28(35)19-34(23-12-15-27(31)26(30)16-23)40(37,38)25-8-6-5-7-9-25/h5-16,20-21H,17-19H2,1-4H3,(H,32,36)/t21-/m1/s1. The van der Waals surface area contributed by atoms with Crippen molar-refractivity contribution >= 4 is 39.1 Å². The molecule has 0 aliphatic rings. The maximum atomic E-state index is 14.0. The Morgan fingerprint density at radius 3 is 2.23 bits per heavy atom. The highest BCUT2D eigenvalue weighted by atomic mass is 35.5. The Morgan fingerprint density at radius 1 is 1.00 bits per heavy atom. The first-order valence-electron chi connectivity index (χ1n) is 12.7. The van der Waals surface area contributed by atoms with E-state index in [4.69, 9.17) is 16.3 Å². The molecule has 214 valence electrons. The van der Waals surface area contributed by atoms with Crippen molar-refractivity contribution in [3.63, 3.8) is 0 Å². The van der Waals surface area contributed by atoms with Gasteiger partial charge in [0.05, 0.1) is 22.7 Å². The highest BCUT2D eigenvalue weighted by Gasteiger charge is 2.32. The van der Waals surface area contributed by atoms with Gasteiger partial charge in [-0.05, 0) is 60.9 Å². The highest BCUT2D eigenvalue weighted by molar-refractivity contribution is 7.92. The summed E-state index contributed by atoms with van der Waals surface area (Å²) in [6.07, 6.45) is 0. The van der Waals surface area contributed by atoms with Gasteiger partial charge in [0.25, 0.3) is 10.0 Å². The summed E-state index contributed by atoms with van der Waals surface area (Å²) in [7, 11) is -2.74. The number of halogens is 2. The van der Waals surface area contributed by atoms with Crippen LogP contribution in [0.5, 0.6) is 5.75 Å². The van der Waals surface area contributed by atoms with Gasteiger partial charge < -0.3 is 15.0 Å². The Bertz CT molecular complexity index is 1420. The summed E-state index contributed by atoms with van der Waals surface area (Å²) in [5.41, 5.74) is 0.713. The SMILES string of the molecule is COc1ccc(CN(C(=O)CN(c2ccc(F)c(Cl)c2)S(=O)(=O)c2ccccc2)[C@H](C)C(=O)NCC(C)C)cc1. The van der Waals surface area contributed by atoms with Crippen LogP contribution in [0.1, 0.15) is 26.3 Å². The number of methoxy groups -OCH3 is 1. The second-order valence-corrected chi connectivity index (χ2v) is 11.9. The predicted octanol–water partition coefficient (Wildman–Crippen LogP) is 4.87. The molecule has 3 aromatic rings. The third kappa shape index (κ3) is 7.73. The zero-order chi connectivity index (χ0) is 29.4. The molecule has 0 spiro atoms. The van der Waals surface area contributed by atoms with Crippen molar-refractivity contribution in [1.29, 1.82) is 0 Å². The maximum absolute atomic E-state index is 14.0. The number of benzene rings is 3. The molecular weight excluding hydrogens is 557 g/mol. The van der Waals surface area contributed by atoms with E-state index in [2.05, 4.69) is 5.32 Å². The van der Waals surface area contributed by atoms with Crippen LogP contribution in [0, 0.1) is 11.7 Å². The van der Waals surface area contributed by atoms with E-state index in [-0.39, 0.29) is 34.0 Å². The predicted molar refractivity (Wildman–Crippen MR) is 153 cm³/mol. The summed E-state index contributed by atoms with van der Waals surface area (Å²) >= 11 is 5.98. The number of carbonyl (C=O) groups excluding carboxylic acids is 2.